The van der Waals surface area contributed by atoms with E-state index in [0.717, 1.165) is 12.6 Å². The summed E-state index contributed by atoms with van der Waals surface area (Å²) in [6.45, 7) is 5.23. The summed E-state index contributed by atoms with van der Waals surface area (Å²) in [5, 5.41) is 0. The van der Waals surface area contributed by atoms with E-state index in [9.17, 15) is 0 Å². The Balaban J connectivity index is 2.35. The van der Waals surface area contributed by atoms with E-state index in [4.69, 9.17) is 6.42 Å². The van der Waals surface area contributed by atoms with E-state index >= 15 is 0 Å². The first-order valence-corrected chi connectivity index (χ1v) is 3.95. The van der Waals surface area contributed by atoms with Crippen LogP contribution in [0.1, 0.15) is 26.7 Å². The molecule has 10 heavy (non-hydrogen) atoms. The first kappa shape index (κ1) is 7.63. The van der Waals surface area contributed by atoms with Crippen molar-refractivity contribution in [3.05, 3.63) is 0 Å². The second kappa shape index (κ2) is 3.07. The summed E-state index contributed by atoms with van der Waals surface area (Å²) in [5.74, 6) is 2.70. The maximum atomic E-state index is 5.24. The summed E-state index contributed by atoms with van der Waals surface area (Å²) in [6.07, 6.45) is 7.94. The van der Waals surface area contributed by atoms with Crippen LogP contribution in [0.2, 0.25) is 0 Å². The fraction of sp³-hybridized carbons (Fsp3) is 0.778. The summed E-state index contributed by atoms with van der Waals surface area (Å²) in [4.78, 5) is 2.39. The van der Waals surface area contributed by atoms with Crippen molar-refractivity contribution < 1.29 is 0 Å². The lowest BCUT2D eigenvalue weighted by Crippen LogP contribution is -2.33. The van der Waals surface area contributed by atoms with Crippen LogP contribution < -0.4 is 0 Å². The number of rotatable bonds is 3. The SMILES string of the molecule is C#CCN(C(C)C)C1CC1. The molecule has 0 aromatic rings. The van der Waals surface area contributed by atoms with Crippen LogP contribution in [0.25, 0.3) is 0 Å². The van der Waals surface area contributed by atoms with Gasteiger partial charge < -0.3 is 0 Å². The lowest BCUT2D eigenvalue weighted by molar-refractivity contribution is 0.239. The maximum Gasteiger partial charge on any atom is 0.0603 e. The molecule has 0 bridgehead atoms. The average molecular weight is 137 g/mol. The van der Waals surface area contributed by atoms with Crippen LogP contribution in [0.3, 0.4) is 0 Å². The minimum atomic E-state index is 0.614. The average Bonchev–Trinajstić information content (AvgIpc) is 2.63. The molecule has 56 valence electrons. The minimum absolute atomic E-state index is 0.614. The van der Waals surface area contributed by atoms with Crippen molar-refractivity contribution in [2.24, 2.45) is 0 Å². The van der Waals surface area contributed by atoms with Crippen LogP contribution >= 0.6 is 0 Å². The molecule has 1 saturated carbocycles. The molecule has 0 saturated heterocycles. The van der Waals surface area contributed by atoms with Crippen molar-refractivity contribution in [3.8, 4) is 12.3 Å². The van der Waals surface area contributed by atoms with Crippen molar-refractivity contribution >= 4 is 0 Å². The Bertz CT molecular complexity index is 137. The molecule has 0 aromatic heterocycles. The lowest BCUT2D eigenvalue weighted by Gasteiger charge is -2.23. The van der Waals surface area contributed by atoms with E-state index in [-0.39, 0.29) is 0 Å². The van der Waals surface area contributed by atoms with Gasteiger partial charge in [-0.25, -0.2) is 0 Å². The van der Waals surface area contributed by atoms with Crippen molar-refractivity contribution in [2.75, 3.05) is 6.54 Å². The number of terminal acetylenes is 1. The van der Waals surface area contributed by atoms with Gasteiger partial charge in [-0.1, -0.05) is 5.92 Å². The van der Waals surface area contributed by atoms with Gasteiger partial charge in [-0.15, -0.1) is 6.42 Å². The lowest BCUT2D eigenvalue weighted by atomic mass is 10.3. The summed E-state index contributed by atoms with van der Waals surface area (Å²) in [5.41, 5.74) is 0. The molecule has 0 atom stereocenters. The molecular formula is C9H15N. The van der Waals surface area contributed by atoms with Gasteiger partial charge in [-0.05, 0) is 26.7 Å². The maximum absolute atomic E-state index is 5.24. The smallest absolute Gasteiger partial charge is 0.0603 e. The molecule has 1 fully saturated rings. The normalized spacial score (nSPS) is 17.9. The molecule has 1 rings (SSSR count). The second-order valence-electron chi connectivity index (χ2n) is 3.20. The van der Waals surface area contributed by atoms with Gasteiger partial charge in [-0.3, -0.25) is 4.90 Å². The first-order valence-electron chi connectivity index (χ1n) is 3.95. The molecule has 1 aliphatic carbocycles. The van der Waals surface area contributed by atoms with E-state index < -0.39 is 0 Å². The number of hydrogen-bond donors (Lipinski definition) is 0. The highest BCUT2D eigenvalue weighted by Crippen LogP contribution is 2.27. The standard InChI is InChI=1S/C9H15N/c1-4-7-10(8(2)3)9-5-6-9/h1,8-9H,5-7H2,2-3H3. The van der Waals surface area contributed by atoms with Crippen molar-refractivity contribution in [1.29, 1.82) is 0 Å². The van der Waals surface area contributed by atoms with E-state index in [1.54, 1.807) is 0 Å². The molecule has 1 heteroatoms. The number of hydrogen-bond acceptors (Lipinski definition) is 1. The highest BCUT2D eigenvalue weighted by molar-refractivity contribution is 4.95. The highest BCUT2D eigenvalue weighted by atomic mass is 15.2. The Kier molecular flexibility index (Phi) is 2.34. The molecule has 1 aliphatic rings. The van der Waals surface area contributed by atoms with Gasteiger partial charge in [0, 0.05) is 12.1 Å². The predicted molar refractivity (Wildman–Crippen MR) is 43.7 cm³/mol. The summed E-state index contributed by atoms with van der Waals surface area (Å²) < 4.78 is 0. The zero-order chi connectivity index (χ0) is 7.56. The van der Waals surface area contributed by atoms with Gasteiger partial charge in [0.25, 0.3) is 0 Å². The Hall–Kier alpha value is -0.480. The summed E-state index contributed by atoms with van der Waals surface area (Å²) in [6, 6.07) is 1.42. The molecule has 0 aliphatic heterocycles. The monoisotopic (exact) mass is 137 g/mol. The zero-order valence-corrected chi connectivity index (χ0v) is 6.80. The quantitative estimate of drug-likeness (QED) is 0.533. The Morgan fingerprint density at radius 1 is 1.60 bits per heavy atom. The third kappa shape index (κ3) is 1.75. The Labute approximate surface area is 63.4 Å². The molecule has 0 amide bonds. The topological polar surface area (TPSA) is 3.24 Å². The van der Waals surface area contributed by atoms with Crippen LogP contribution in [-0.4, -0.2) is 23.5 Å². The van der Waals surface area contributed by atoms with E-state index in [1.165, 1.54) is 12.8 Å². The minimum Gasteiger partial charge on any atom is -0.287 e. The van der Waals surface area contributed by atoms with E-state index in [2.05, 4.69) is 24.7 Å². The molecule has 0 radical (unpaired) electrons. The second-order valence-corrected chi connectivity index (χ2v) is 3.20. The molecule has 0 unspecified atom stereocenters. The van der Waals surface area contributed by atoms with Crippen LogP contribution in [0.5, 0.6) is 0 Å². The summed E-state index contributed by atoms with van der Waals surface area (Å²) in [7, 11) is 0. The van der Waals surface area contributed by atoms with Crippen molar-refractivity contribution in [1.82, 2.24) is 4.90 Å². The Morgan fingerprint density at radius 3 is 2.50 bits per heavy atom. The molecular weight excluding hydrogens is 122 g/mol. The van der Waals surface area contributed by atoms with Gasteiger partial charge in [0.1, 0.15) is 0 Å². The summed E-state index contributed by atoms with van der Waals surface area (Å²) >= 11 is 0. The van der Waals surface area contributed by atoms with Gasteiger partial charge in [0.05, 0.1) is 6.54 Å². The fourth-order valence-corrected chi connectivity index (χ4v) is 1.24. The van der Waals surface area contributed by atoms with Crippen LogP contribution in [-0.2, 0) is 0 Å². The molecule has 0 aromatic carbocycles. The third-order valence-electron chi connectivity index (χ3n) is 1.95. The molecule has 0 N–H and O–H groups in total. The van der Waals surface area contributed by atoms with E-state index in [1.807, 2.05) is 0 Å². The molecule has 1 nitrogen and oxygen atoms in total. The van der Waals surface area contributed by atoms with Crippen LogP contribution in [0.4, 0.5) is 0 Å². The number of nitrogens with zero attached hydrogens (tertiary/aromatic N) is 1. The Morgan fingerprint density at radius 2 is 2.20 bits per heavy atom. The van der Waals surface area contributed by atoms with E-state index in [0.29, 0.717) is 6.04 Å². The third-order valence-corrected chi connectivity index (χ3v) is 1.95. The largest absolute Gasteiger partial charge is 0.287 e. The molecule has 0 spiro atoms. The molecule has 0 heterocycles. The van der Waals surface area contributed by atoms with Gasteiger partial charge in [0.15, 0.2) is 0 Å². The highest BCUT2D eigenvalue weighted by Gasteiger charge is 2.29. The van der Waals surface area contributed by atoms with Gasteiger partial charge in [0.2, 0.25) is 0 Å². The van der Waals surface area contributed by atoms with Gasteiger partial charge >= 0.3 is 0 Å². The van der Waals surface area contributed by atoms with Crippen LogP contribution in [0.15, 0.2) is 0 Å². The van der Waals surface area contributed by atoms with Crippen molar-refractivity contribution in [2.45, 2.75) is 38.8 Å². The zero-order valence-electron chi connectivity index (χ0n) is 6.80. The predicted octanol–water partition coefficient (Wildman–Crippen LogP) is 1.49. The van der Waals surface area contributed by atoms with Gasteiger partial charge in [-0.2, -0.15) is 0 Å². The first-order chi connectivity index (χ1) is 4.75. The fourth-order valence-electron chi connectivity index (χ4n) is 1.24. The van der Waals surface area contributed by atoms with Crippen LogP contribution in [0, 0.1) is 12.3 Å². The van der Waals surface area contributed by atoms with Crippen molar-refractivity contribution in [3.63, 3.8) is 0 Å².